The minimum Gasteiger partial charge on any atom is -0.497 e. The fourth-order valence-electron chi connectivity index (χ4n) is 5.15. The summed E-state index contributed by atoms with van der Waals surface area (Å²) in [6.45, 7) is 16.3. The number of fused-ring (bicyclic) bond motifs is 1. The third-order valence-electron chi connectivity index (χ3n) is 6.49. The first-order chi connectivity index (χ1) is 15.1. The SMILES string of the molecule is C=CCC1(CC=C)C[C@H]2[C@H](c3ccc(OC)cc3C)N(C(=O)OC(C)(C)C)CCN2C1=O. The lowest BCUT2D eigenvalue weighted by Crippen LogP contribution is -2.56. The second-order valence-corrected chi connectivity index (χ2v) is 9.88. The summed E-state index contributed by atoms with van der Waals surface area (Å²) in [6.07, 6.45) is 5.10. The molecular weight excluding hydrogens is 404 g/mol. The van der Waals surface area contributed by atoms with Gasteiger partial charge >= 0.3 is 6.09 Å². The zero-order valence-electron chi connectivity index (χ0n) is 20.0. The van der Waals surface area contributed by atoms with Gasteiger partial charge in [0.25, 0.3) is 0 Å². The van der Waals surface area contributed by atoms with Crippen molar-refractivity contribution in [3.63, 3.8) is 0 Å². The third-order valence-corrected chi connectivity index (χ3v) is 6.49. The zero-order chi connectivity index (χ0) is 23.7. The van der Waals surface area contributed by atoms with E-state index in [0.717, 1.165) is 16.9 Å². The lowest BCUT2D eigenvalue weighted by Gasteiger charge is -2.45. The highest BCUT2D eigenvalue weighted by atomic mass is 16.6. The molecule has 1 aromatic rings. The van der Waals surface area contributed by atoms with Gasteiger partial charge in [-0.1, -0.05) is 18.2 Å². The van der Waals surface area contributed by atoms with E-state index in [2.05, 4.69) is 13.2 Å². The average Bonchev–Trinajstić information content (AvgIpc) is 2.98. The number of benzene rings is 1. The molecule has 0 N–H and O–H groups in total. The molecule has 0 aromatic heterocycles. The largest absolute Gasteiger partial charge is 0.497 e. The van der Waals surface area contributed by atoms with E-state index in [9.17, 15) is 9.59 Å². The highest BCUT2D eigenvalue weighted by Gasteiger charge is 2.56. The van der Waals surface area contributed by atoms with Gasteiger partial charge in [0.1, 0.15) is 11.4 Å². The van der Waals surface area contributed by atoms with Crippen LogP contribution in [-0.2, 0) is 9.53 Å². The average molecular weight is 441 g/mol. The number of rotatable bonds is 6. The first kappa shape index (κ1) is 23.9. The van der Waals surface area contributed by atoms with E-state index >= 15 is 0 Å². The summed E-state index contributed by atoms with van der Waals surface area (Å²) < 4.78 is 11.1. The van der Waals surface area contributed by atoms with Crippen molar-refractivity contribution in [2.45, 2.75) is 64.6 Å². The van der Waals surface area contributed by atoms with Crippen molar-refractivity contribution in [3.05, 3.63) is 54.6 Å². The number of hydrogen-bond acceptors (Lipinski definition) is 4. The Labute approximate surface area is 191 Å². The molecule has 6 nitrogen and oxygen atoms in total. The molecule has 174 valence electrons. The minimum atomic E-state index is -0.603. The van der Waals surface area contributed by atoms with E-state index in [4.69, 9.17) is 9.47 Å². The van der Waals surface area contributed by atoms with Crippen LogP contribution < -0.4 is 4.74 Å². The first-order valence-corrected chi connectivity index (χ1v) is 11.2. The fourth-order valence-corrected chi connectivity index (χ4v) is 5.15. The Morgan fingerprint density at radius 1 is 1.22 bits per heavy atom. The number of nitrogens with zero attached hydrogens (tertiary/aromatic N) is 2. The Kier molecular flexibility index (Phi) is 6.72. The second-order valence-electron chi connectivity index (χ2n) is 9.88. The van der Waals surface area contributed by atoms with Gasteiger partial charge in [0.2, 0.25) is 5.91 Å². The monoisotopic (exact) mass is 440 g/mol. The number of methoxy groups -OCH3 is 1. The van der Waals surface area contributed by atoms with Gasteiger partial charge in [-0.2, -0.15) is 0 Å². The summed E-state index contributed by atoms with van der Waals surface area (Å²) >= 11 is 0. The van der Waals surface area contributed by atoms with Crippen molar-refractivity contribution in [1.82, 2.24) is 9.80 Å². The van der Waals surface area contributed by atoms with Crippen LogP contribution in [0.1, 0.15) is 57.2 Å². The highest BCUT2D eigenvalue weighted by molar-refractivity contribution is 5.86. The molecule has 2 amide bonds. The summed E-state index contributed by atoms with van der Waals surface area (Å²) in [5.41, 5.74) is 0.861. The highest BCUT2D eigenvalue weighted by Crippen LogP contribution is 2.49. The van der Waals surface area contributed by atoms with Crippen molar-refractivity contribution < 1.29 is 19.1 Å². The van der Waals surface area contributed by atoms with Crippen molar-refractivity contribution in [3.8, 4) is 5.75 Å². The summed E-state index contributed by atoms with van der Waals surface area (Å²) in [5.74, 6) is 0.889. The number of hydrogen-bond donors (Lipinski definition) is 0. The van der Waals surface area contributed by atoms with Crippen LogP contribution in [-0.4, -0.2) is 53.6 Å². The summed E-state index contributed by atoms with van der Waals surface area (Å²) in [4.78, 5) is 30.6. The van der Waals surface area contributed by atoms with Gasteiger partial charge in [-0.15, -0.1) is 13.2 Å². The Morgan fingerprint density at radius 2 is 1.88 bits per heavy atom. The van der Waals surface area contributed by atoms with Crippen LogP contribution in [0.15, 0.2) is 43.5 Å². The van der Waals surface area contributed by atoms with Crippen molar-refractivity contribution in [2.75, 3.05) is 20.2 Å². The molecule has 2 aliphatic heterocycles. The second kappa shape index (κ2) is 9.00. The number of aryl methyl sites for hydroxylation is 1. The van der Waals surface area contributed by atoms with E-state index in [-0.39, 0.29) is 24.1 Å². The van der Waals surface area contributed by atoms with Crippen molar-refractivity contribution >= 4 is 12.0 Å². The summed E-state index contributed by atoms with van der Waals surface area (Å²) in [7, 11) is 1.64. The molecule has 2 aliphatic rings. The first-order valence-electron chi connectivity index (χ1n) is 11.2. The lowest BCUT2D eigenvalue weighted by atomic mass is 9.76. The maximum absolute atomic E-state index is 13.6. The molecule has 0 saturated carbocycles. The molecule has 2 heterocycles. The van der Waals surface area contributed by atoms with Crippen LogP contribution in [0.4, 0.5) is 4.79 Å². The smallest absolute Gasteiger partial charge is 0.410 e. The van der Waals surface area contributed by atoms with E-state index < -0.39 is 11.0 Å². The Bertz CT molecular complexity index is 892. The van der Waals surface area contributed by atoms with Crippen LogP contribution in [0.2, 0.25) is 0 Å². The number of carbonyl (C=O) groups excluding carboxylic acids is 2. The maximum Gasteiger partial charge on any atom is 0.410 e. The summed E-state index contributed by atoms with van der Waals surface area (Å²) in [6, 6.07) is 5.44. The molecule has 3 rings (SSSR count). The molecule has 0 bridgehead atoms. The Balaban J connectivity index is 2.08. The number of ether oxygens (including phenoxy) is 2. The summed E-state index contributed by atoms with van der Waals surface area (Å²) in [5, 5.41) is 0. The van der Waals surface area contributed by atoms with Gasteiger partial charge in [-0.05, 0) is 70.2 Å². The lowest BCUT2D eigenvalue weighted by molar-refractivity contribution is -0.139. The standard InChI is InChI=1S/C26H36N2O4/c1-8-12-26(13-9-2)17-21-22(20-11-10-19(31-7)16-18(20)3)28(15-14-27(21)23(26)29)24(30)32-25(4,5)6/h8-11,16,21-22H,1-2,12-15,17H2,3-7H3/t21-,22-/m0/s1. The van der Waals surface area contributed by atoms with Crippen molar-refractivity contribution in [1.29, 1.82) is 0 Å². The molecule has 2 saturated heterocycles. The maximum atomic E-state index is 13.6. The van der Waals surface area contributed by atoms with Crippen LogP contribution in [0.3, 0.4) is 0 Å². The van der Waals surface area contributed by atoms with E-state index in [1.807, 2.05) is 62.9 Å². The Hall–Kier alpha value is -2.76. The third kappa shape index (κ3) is 4.41. The van der Waals surface area contributed by atoms with Gasteiger partial charge < -0.3 is 14.4 Å². The molecule has 32 heavy (non-hydrogen) atoms. The fraction of sp³-hybridized carbons (Fsp3) is 0.538. The molecule has 0 unspecified atom stereocenters. The van der Waals surface area contributed by atoms with Crippen LogP contribution in [0, 0.1) is 12.3 Å². The molecule has 0 aliphatic carbocycles. The van der Waals surface area contributed by atoms with Gasteiger partial charge in [0.05, 0.1) is 24.6 Å². The van der Waals surface area contributed by atoms with Gasteiger partial charge in [-0.3, -0.25) is 9.69 Å². The van der Waals surface area contributed by atoms with E-state index in [0.29, 0.717) is 32.4 Å². The number of amides is 2. The predicted molar refractivity (Wildman–Crippen MR) is 126 cm³/mol. The molecule has 2 fully saturated rings. The van der Waals surface area contributed by atoms with Crippen LogP contribution in [0.25, 0.3) is 0 Å². The Morgan fingerprint density at radius 3 is 2.41 bits per heavy atom. The molecule has 1 aromatic carbocycles. The number of carbonyl (C=O) groups is 2. The molecule has 0 radical (unpaired) electrons. The number of allylic oxidation sites excluding steroid dienone is 2. The van der Waals surface area contributed by atoms with Gasteiger partial charge in [0, 0.05) is 13.1 Å². The predicted octanol–water partition coefficient (Wildman–Crippen LogP) is 5.03. The molecule has 0 spiro atoms. The topological polar surface area (TPSA) is 59.1 Å². The van der Waals surface area contributed by atoms with E-state index in [1.54, 1.807) is 12.0 Å². The van der Waals surface area contributed by atoms with Crippen LogP contribution in [0.5, 0.6) is 5.75 Å². The van der Waals surface area contributed by atoms with Gasteiger partial charge in [-0.25, -0.2) is 4.79 Å². The zero-order valence-corrected chi connectivity index (χ0v) is 20.0. The molecular formula is C26H36N2O4. The van der Waals surface area contributed by atoms with Crippen molar-refractivity contribution in [2.24, 2.45) is 5.41 Å². The normalized spacial score (nSPS) is 22.3. The molecule has 6 heteroatoms. The molecule has 2 atom stereocenters. The minimum absolute atomic E-state index is 0.127. The van der Waals surface area contributed by atoms with Gasteiger partial charge in [0.15, 0.2) is 0 Å². The number of piperazine rings is 1. The van der Waals surface area contributed by atoms with E-state index in [1.165, 1.54) is 0 Å². The van der Waals surface area contributed by atoms with Crippen LogP contribution >= 0.6 is 0 Å². The quantitative estimate of drug-likeness (QED) is 0.582.